The number of amides is 1. The number of carbonyl (C=O) groups excluding carboxylic acids is 1. The first kappa shape index (κ1) is 14.4. The Labute approximate surface area is 118 Å². The predicted octanol–water partition coefficient (Wildman–Crippen LogP) is 1.56. The van der Waals surface area contributed by atoms with E-state index in [9.17, 15) is 9.18 Å². The van der Waals surface area contributed by atoms with E-state index < -0.39 is 18.0 Å². The molecule has 1 aromatic rings. The van der Waals surface area contributed by atoms with E-state index in [1.165, 1.54) is 17.0 Å². The number of hydrogen-bond acceptors (Lipinski definition) is 5. The molecular weight excluding hydrogens is 283 g/mol. The van der Waals surface area contributed by atoms with Gasteiger partial charge in [-0.2, -0.15) is 0 Å². The zero-order valence-corrected chi connectivity index (χ0v) is 10.7. The van der Waals surface area contributed by atoms with Crippen LogP contribution in [0.2, 0.25) is 0 Å². The van der Waals surface area contributed by atoms with E-state index in [0.717, 1.165) is 6.07 Å². The van der Waals surface area contributed by atoms with Crippen molar-refractivity contribution in [2.75, 3.05) is 18.0 Å². The Kier molecular flexibility index (Phi) is 4.10. The average molecular weight is 294 g/mol. The smallest absolute Gasteiger partial charge is 0.414 e. The van der Waals surface area contributed by atoms with Gasteiger partial charge in [-0.3, -0.25) is 4.90 Å². The van der Waals surface area contributed by atoms with Gasteiger partial charge in [0, 0.05) is 4.91 Å². The molecule has 0 aliphatic carbocycles. The van der Waals surface area contributed by atoms with Crippen LogP contribution in [0.25, 0.3) is 10.4 Å². The zero-order chi connectivity index (χ0) is 15.4. The SMILES string of the molecule is [N-]=[N+]=NCC1CN(c2ccc(/C(N)=N/O)c(F)c2)C(=O)O1. The summed E-state index contributed by atoms with van der Waals surface area (Å²) in [6, 6.07) is 3.80. The number of rotatable bonds is 4. The normalized spacial score (nSPS) is 18.3. The number of azide groups is 1. The van der Waals surface area contributed by atoms with Crippen LogP contribution in [-0.4, -0.2) is 36.3 Å². The summed E-state index contributed by atoms with van der Waals surface area (Å²) in [7, 11) is 0. The molecule has 0 bridgehead atoms. The van der Waals surface area contributed by atoms with Crippen LogP contribution in [0.15, 0.2) is 28.5 Å². The molecule has 1 fully saturated rings. The molecule has 1 unspecified atom stereocenters. The lowest BCUT2D eigenvalue weighted by Crippen LogP contribution is -2.25. The molecule has 1 aliphatic heterocycles. The van der Waals surface area contributed by atoms with Crippen molar-refractivity contribution in [1.29, 1.82) is 0 Å². The maximum atomic E-state index is 13.9. The highest BCUT2D eigenvalue weighted by Gasteiger charge is 2.32. The quantitative estimate of drug-likeness (QED) is 0.165. The highest BCUT2D eigenvalue weighted by molar-refractivity contribution is 5.98. The van der Waals surface area contributed by atoms with Crippen LogP contribution in [0.4, 0.5) is 14.9 Å². The number of halogens is 1. The van der Waals surface area contributed by atoms with E-state index in [-0.39, 0.29) is 30.2 Å². The van der Waals surface area contributed by atoms with Crippen LogP contribution in [0.1, 0.15) is 5.56 Å². The standard InChI is InChI=1S/C11H11FN6O3/c12-9-3-6(1-2-8(9)10(13)16-20)18-5-7(4-15-17-14)21-11(18)19/h1-3,7,20H,4-5H2,(H2,13,16). The van der Waals surface area contributed by atoms with Gasteiger partial charge < -0.3 is 15.7 Å². The Morgan fingerprint density at radius 2 is 2.43 bits per heavy atom. The van der Waals surface area contributed by atoms with Crippen LogP contribution >= 0.6 is 0 Å². The van der Waals surface area contributed by atoms with Crippen molar-refractivity contribution >= 4 is 17.6 Å². The molecule has 0 spiro atoms. The molecule has 110 valence electrons. The van der Waals surface area contributed by atoms with Crippen LogP contribution < -0.4 is 10.6 Å². The molecule has 2 rings (SSSR count). The summed E-state index contributed by atoms with van der Waals surface area (Å²) in [5, 5.41) is 14.6. The Morgan fingerprint density at radius 3 is 3.05 bits per heavy atom. The van der Waals surface area contributed by atoms with Gasteiger partial charge in [0.25, 0.3) is 0 Å². The Morgan fingerprint density at radius 1 is 1.67 bits per heavy atom. The Hall–Kier alpha value is -3.00. The van der Waals surface area contributed by atoms with Crippen LogP contribution in [0.5, 0.6) is 0 Å². The fourth-order valence-corrected chi connectivity index (χ4v) is 1.89. The van der Waals surface area contributed by atoms with Gasteiger partial charge in [-0.1, -0.05) is 10.3 Å². The lowest BCUT2D eigenvalue weighted by atomic mass is 10.1. The summed E-state index contributed by atoms with van der Waals surface area (Å²) in [5.74, 6) is -1.11. The summed E-state index contributed by atoms with van der Waals surface area (Å²) in [6.45, 7) is 0.142. The monoisotopic (exact) mass is 294 g/mol. The lowest BCUT2D eigenvalue weighted by Gasteiger charge is -2.13. The van der Waals surface area contributed by atoms with Gasteiger partial charge in [0.2, 0.25) is 0 Å². The molecule has 1 heterocycles. The van der Waals surface area contributed by atoms with Crippen molar-refractivity contribution in [2.24, 2.45) is 16.0 Å². The zero-order valence-electron chi connectivity index (χ0n) is 10.7. The second kappa shape index (κ2) is 5.97. The molecule has 1 amide bonds. The second-order valence-electron chi connectivity index (χ2n) is 4.18. The molecular formula is C11H11FN6O3. The lowest BCUT2D eigenvalue weighted by molar-refractivity contribution is 0.145. The number of hydrogen-bond donors (Lipinski definition) is 2. The molecule has 3 N–H and O–H groups in total. The van der Waals surface area contributed by atoms with E-state index in [4.69, 9.17) is 21.2 Å². The van der Waals surface area contributed by atoms with Crippen LogP contribution in [-0.2, 0) is 4.74 Å². The minimum atomic E-state index is -0.742. The van der Waals surface area contributed by atoms with Gasteiger partial charge in [0.1, 0.15) is 11.9 Å². The molecule has 1 aromatic carbocycles. The molecule has 9 nitrogen and oxygen atoms in total. The van der Waals surface area contributed by atoms with Crippen molar-refractivity contribution < 1.29 is 19.1 Å². The van der Waals surface area contributed by atoms with Crippen molar-refractivity contribution in [3.63, 3.8) is 0 Å². The number of oxime groups is 1. The highest BCUT2D eigenvalue weighted by Crippen LogP contribution is 2.24. The number of cyclic esters (lactones) is 1. The third-order valence-electron chi connectivity index (χ3n) is 2.87. The molecule has 1 aliphatic rings. The Balaban J connectivity index is 2.21. The van der Waals surface area contributed by atoms with Crippen molar-refractivity contribution in [1.82, 2.24) is 0 Å². The molecule has 1 saturated heterocycles. The summed E-state index contributed by atoms with van der Waals surface area (Å²) < 4.78 is 18.8. The van der Waals surface area contributed by atoms with Gasteiger partial charge in [-0.05, 0) is 23.7 Å². The summed E-state index contributed by atoms with van der Waals surface area (Å²) in [6.07, 6.45) is -1.25. The number of ether oxygens (including phenoxy) is 1. The molecule has 10 heteroatoms. The van der Waals surface area contributed by atoms with Crippen LogP contribution in [0.3, 0.4) is 0 Å². The van der Waals surface area contributed by atoms with Crippen LogP contribution in [0, 0.1) is 5.82 Å². The van der Waals surface area contributed by atoms with Gasteiger partial charge in [-0.25, -0.2) is 9.18 Å². The van der Waals surface area contributed by atoms with E-state index in [1.54, 1.807) is 0 Å². The third kappa shape index (κ3) is 2.95. The van der Waals surface area contributed by atoms with Gasteiger partial charge in [0.15, 0.2) is 5.84 Å². The predicted molar refractivity (Wildman–Crippen MR) is 70.5 cm³/mol. The fraction of sp³-hybridized carbons (Fsp3) is 0.273. The number of amidine groups is 1. The van der Waals surface area contributed by atoms with E-state index in [0.29, 0.717) is 0 Å². The first-order valence-corrected chi connectivity index (χ1v) is 5.83. The number of carbonyl (C=O) groups is 1. The first-order chi connectivity index (χ1) is 10.1. The van der Waals surface area contributed by atoms with E-state index in [1.807, 2.05) is 0 Å². The maximum absolute atomic E-state index is 13.9. The molecule has 0 aromatic heterocycles. The first-order valence-electron chi connectivity index (χ1n) is 5.83. The molecule has 0 radical (unpaired) electrons. The topological polar surface area (TPSA) is 137 Å². The summed E-state index contributed by atoms with van der Waals surface area (Å²) in [4.78, 5) is 15.5. The minimum Gasteiger partial charge on any atom is -0.444 e. The van der Waals surface area contributed by atoms with Gasteiger partial charge in [-0.15, -0.1) is 0 Å². The van der Waals surface area contributed by atoms with E-state index >= 15 is 0 Å². The second-order valence-corrected chi connectivity index (χ2v) is 4.18. The Bertz CT molecular complexity index is 643. The molecule has 0 saturated carbocycles. The number of nitrogens with two attached hydrogens (primary N) is 1. The highest BCUT2D eigenvalue weighted by atomic mass is 19.1. The average Bonchev–Trinajstić information content (AvgIpc) is 2.85. The minimum absolute atomic E-state index is 0.00340. The summed E-state index contributed by atoms with van der Waals surface area (Å²) in [5.41, 5.74) is 13.7. The molecule has 1 atom stereocenters. The summed E-state index contributed by atoms with van der Waals surface area (Å²) >= 11 is 0. The van der Waals surface area contributed by atoms with Gasteiger partial charge in [0.05, 0.1) is 24.3 Å². The van der Waals surface area contributed by atoms with Gasteiger partial charge >= 0.3 is 6.09 Å². The number of anilines is 1. The maximum Gasteiger partial charge on any atom is 0.414 e. The molecule has 21 heavy (non-hydrogen) atoms. The fourth-order valence-electron chi connectivity index (χ4n) is 1.89. The third-order valence-corrected chi connectivity index (χ3v) is 2.87. The van der Waals surface area contributed by atoms with Crippen molar-refractivity contribution in [2.45, 2.75) is 6.10 Å². The number of nitrogens with zero attached hydrogens (tertiary/aromatic N) is 5. The van der Waals surface area contributed by atoms with Crippen molar-refractivity contribution in [3.05, 3.63) is 40.0 Å². The largest absolute Gasteiger partial charge is 0.444 e. The van der Waals surface area contributed by atoms with E-state index in [2.05, 4.69) is 15.2 Å². The number of benzene rings is 1. The van der Waals surface area contributed by atoms with Crippen molar-refractivity contribution in [3.8, 4) is 0 Å².